The molecule has 1 aromatic heterocycles. The van der Waals surface area contributed by atoms with Crippen LogP contribution in [-0.4, -0.2) is 14.9 Å². The molecule has 0 saturated heterocycles. The molecule has 18 heavy (non-hydrogen) atoms. The van der Waals surface area contributed by atoms with Crippen molar-refractivity contribution in [1.82, 2.24) is 9.78 Å². The van der Waals surface area contributed by atoms with Gasteiger partial charge in [0.05, 0.1) is 11.9 Å². The number of aryl methyl sites for hydroxylation is 1. The first-order valence-corrected chi connectivity index (χ1v) is 6.03. The maximum Gasteiger partial charge on any atom is 0.116 e. The highest BCUT2D eigenvalue weighted by molar-refractivity contribution is 5.91. The first-order valence-electron chi connectivity index (χ1n) is 6.03. The minimum Gasteiger partial charge on any atom is -0.508 e. The van der Waals surface area contributed by atoms with E-state index in [2.05, 4.69) is 12.0 Å². The number of nitrogens with zero attached hydrogens (tertiary/aromatic N) is 2. The highest BCUT2D eigenvalue weighted by Gasteiger charge is 2.05. The fraction of sp³-hybridized carbons (Fsp3) is 0.133. The van der Waals surface area contributed by atoms with Crippen molar-refractivity contribution in [3.63, 3.8) is 0 Å². The molecular weight excluding hydrogens is 224 g/mol. The summed E-state index contributed by atoms with van der Waals surface area (Å²) in [7, 11) is 0. The average molecular weight is 238 g/mol. The maximum atomic E-state index is 9.62. The number of fused-ring (bicyclic) bond motifs is 1. The number of aromatic nitrogens is 2. The normalized spacial score (nSPS) is 10.9. The second-order valence-electron chi connectivity index (χ2n) is 4.33. The average Bonchev–Trinajstić information content (AvgIpc) is 2.86. The molecule has 3 nitrogen and oxygen atoms in total. The van der Waals surface area contributed by atoms with Crippen LogP contribution in [0.2, 0.25) is 0 Å². The summed E-state index contributed by atoms with van der Waals surface area (Å²) in [5.74, 6) is 0.276. The molecule has 0 atom stereocenters. The van der Waals surface area contributed by atoms with Crippen LogP contribution in [0.1, 0.15) is 12.5 Å². The molecule has 0 aliphatic carbocycles. The van der Waals surface area contributed by atoms with E-state index < -0.39 is 0 Å². The Kier molecular flexibility index (Phi) is 2.52. The first kappa shape index (κ1) is 10.8. The molecule has 0 unspecified atom stereocenters. The van der Waals surface area contributed by atoms with Gasteiger partial charge in [0, 0.05) is 11.6 Å². The molecule has 3 rings (SSSR count). The number of hydrogen-bond donors (Lipinski definition) is 1. The predicted molar refractivity (Wildman–Crippen MR) is 72.1 cm³/mol. The Bertz CT molecular complexity index is 701. The summed E-state index contributed by atoms with van der Waals surface area (Å²) in [6, 6.07) is 11.4. The minimum atomic E-state index is 0.276. The molecule has 0 fully saturated rings. The molecule has 0 bridgehead atoms. The van der Waals surface area contributed by atoms with Crippen LogP contribution >= 0.6 is 0 Å². The van der Waals surface area contributed by atoms with Gasteiger partial charge in [-0.15, -0.1) is 0 Å². The number of rotatable bonds is 2. The van der Waals surface area contributed by atoms with Gasteiger partial charge in [-0.2, -0.15) is 5.10 Å². The van der Waals surface area contributed by atoms with E-state index in [9.17, 15) is 5.11 Å². The van der Waals surface area contributed by atoms with Crippen LogP contribution in [0.15, 0.2) is 48.8 Å². The fourth-order valence-corrected chi connectivity index (χ4v) is 2.12. The Balaban J connectivity index is 2.24. The van der Waals surface area contributed by atoms with Crippen LogP contribution in [-0.2, 0) is 6.42 Å². The predicted octanol–water partition coefficient (Wildman–Crippen LogP) is 3.29. The van der Waals surface area contributed by atoms with Gasteiger partial charge in [-0.05, 0) is 35.6 Å². The van der Waals surface area contributed by atoms with Crippen LogP contribution in [0.5, 0.6) is 5.75 Å². The van der Waals surface area contributed by atoms with E-state index in [1.165, 1.54) is 5.56 Å². The maximum absolute atomic E-state index is 9.62. The van der Waals surface area contributed by atoms with Gasteiger partial charge in [0.15, 0.2) is 0 Å². The summed E-state index contributed by atoms with van der Waals surface area (Å²) in [5, 5.41) is 16.1. The minimum absolute atomic E-state index is 0.276. The first-order chi connectivity index (χ1) is 8.78. The molecule has 0 amide bonds. The zero-order valence-electron chi connectivity index (χ0n) is 10.2. The summed E-state index contributed by atoms with van der Waals surface area (Å²) in [5.41, 5.74) is 2.19. The molecule has 0 aliphatic heterocycles. The fourth-order valence-electron chi connectivity index (χ4n) is 2.12. The molecule has 3 heteroatoms. The van der Waals surface area contributed by atoms with Crippen LogP contribution in [0.3, 0.4) is 0 Å². The van der Waals surface area contributed by atoms with Crippen molar-refractivity contribution < 1.29 is 5.11 Å². The number of phenols is 1. The SMILES string of the molecule is CCc1cnn(-c2cccc3ccc(O)cc23)c1. The van der Waals surface area contributed by atoms with Crippen molar-refractivity contribution in [3.05, 3.63) is 54.4 Å². The van der Waals surface area contributed by atoms with Crippen LogP contribution in [0, 0.1) is 0 Å². The highest BCUT2D eigenvalue weighted by Crippen LogP contribution is 2.25. The van der Waals surface area contributed by atoms with Gasteiger partial charge >= 0.3 is 0 Å². The van der Waals surface area contributed by atoms with Crippen molar-refractivity contribution in [2.75, 3.05) is 0 Å². The summed E-state index contributed by atoms with van der Waals surface area (Å²) in [6.45, 7) is 2.11. The second kappa shape index (κ2) is 4.18. The van der Waals surface area contributed by atoms with Gasteiger partial charge in [0.25, 0.3) is 0 Å². The molecule has 0 spiro atoms. The Labute approximate surface area is 105 Å². The molecule has 0 saturated carbocycles. The second-order valence-corrected chi connectivity index (χ2v) is 4.33. The van der Waals surface area contributed by atoms with E-state index in [0.717, 1.165) is 22.9 Å². The van der Waals surface area contributed by atoms with E-state index in [0.29, 0.717) is 0 Å². The molecule has 2 aromatic carbocycles. The zero-order chi connectivity index (χ0) is 12.5. The lowest BCUT2D eigenvalue weighted by Gasteiger charge is -2.06. The zero-order valence-corrected chi connectivity index (χ0v) is 10.2. The van der Waals surface area contributed by atoms with Crippen molar-refractivity contribution in [2.24, 2.45) is 0 Å². The van der Waals surface area contributed by atoms with Crippen molar-refractivity contribution in [1.29, 1.82) is 0 Å². The summed E-state index contributed by atoms with van der Waals surface area (Å²) >= 11 is 0. The molecule has 90 valence electrons. The van der Waals surface area contributed by atoms with E-state index in [1.54, 1.807) is 12.1 Å². The largest absolute Gasteiger partial charge is 0.508 e. The number of hydrogen-bond acceptors (Lipinski definition) is 2. The molecule has 3 aromatic rings. The van der Waals surface area contributed by atoms with Gasteiger partial charge in [0.1, 0.15) is 5.75 Å². The lowest BCUT2D eigenvalue weighted by Crippen LogP contribution is -1.95. The van der Waals surface area contributed by atoms with Gasteiger partial charge in [-0.1, -0.05) is 25.1 Å². The van der Waals surface area contributed by atoms with Crippen molar-refractivity contribution in [3.8, 4) is 11.4 Å². The Morgan fingerprint density at radius 2 is 2.11 bits per heavy atom. The molecular formula is C15H14N2O. The van der Waals surface area contributed by atoms with E-state index in [-0.39, 0.29) is 5.75 Å². The monoisotopic (exact) mass is 238 g/mol. The quantitative estimate of drug-likeness (QED) is 0.744. The van der Waals surface area contributed by atoms with E-state index in [4.69, 9.17) is 0 Å². The van der Waals surface area contributed by atoms with E-state index in [1.807, 2.05) is 41.3 Å². The number of aromatic hydroxyl groups is 1. The van der Waals surface area contributed by atoms with Gasteiger partial charge in [-0.3, -0.25) is 0 Å². The number of benzene rings is 2. The third-order valence-corrected chi connectivity index (χ3v) is 3.13. The van der Waals surface area contributed by atoms with Gasteiger partial charge < -0.3 is 5.11 Å². The Morgan fingerprint density at radius 3 is 2.89 bits per heavy atom. The summed E-state index contributed by atoms with van der Waals surface area (Å²) < 4.78 is 1.86. The number of phenolic OH excluding ortho intramolecular Hbond substituents is 1. The lowest BCUT2D eigenvalue weighted by molar-refractivity contribution is 0.476. The van der Waals surface area contributed by atoms with Crippen LogP contribution in [0.25, 0.3) is 16.5 Å². The topological polar surface area (TPSA) is 38.0 Å². The summed E-state index contributed by atoms with van der Waals surface area (Å²) in [6.07, 6.45) is 4.87. The van der Waals surface area contributed by atoms with Crippen LogP contribution in [0.4, 0.5) is 0 Å². The molecule has 1 N–H and O–H groups in total. The van der Waals surface area contributed by atoms with Crippen molar-refractivity contribution in [2.45, 2.75) is 13.3 Å². The molecule has 1 heterocycles. The van der Waals surface area contributed by atoms with Gasteiger partial charge in [0.2, 0.25) is 0 Å². The van der Waals surface area contributed by atoms with Crippen molar-refractivity contribution >= 4 is 10.8 Å². The van der Waals surface area contributed by atoms with Crippen LogP contribution < -0.4 is 0 Å². The lowest BCUT2D eigenvalue weighted by atomic mass is 10.1. The standard InChI is InChI=1S/C15H14N2O/c1-2-11-9-16-17(10-11)15-5-3-4-12-6-7-13(18)8-14(12)15/h3-10,18H,2H2,1H3. The Morgan fingerprint density at radius 1 is 1.22 bits per heavy atom. The third kappa shape index (κ3) is 1.74. The Hall–Kier alpha value is -2.29. The highest BCUT2D eigenvalue weighted by atomic mass is 16.3. The van der Waals surface area contributed by atoms with Gasteiger partial charge in [-0.25, -0.2) is 4.68 Å². The van der Waals surface area contributed by atoms with E-state index >= 15 is 0 Å². The molecule has 0 aliphatic rings. The molecule has 0 radical (unpaired) electrons. The smallest absolute Gasteiger partial charge is 0.116 e. The summed E-state index contributed by atoms with van der Waals surface area (Å²) in [4.78, 5) is 0. The third-order valence-electron chi connectivity index (χ3n) is 3.13.